The van der Waals surface area contributed by atoms with Gasteiger partial charge in [-0.05, 0) is 36.6 Å². The zero-order valence-electron chi connectivity index (χ0n) is 14.4. The van der Waals surface area contributed by atoms with Crippen molar-refractivity contribution in [1.82, 2.24) is 30.0 Å². The second kappa shape index (κ2) is 7.43. The largest absolute Gasteiger partial charge is 0.353 e. The zero-order chi connectivity index (χ0) is 17.8. The molecule has 1 unspecified atom stereocenters. The van der Waals surface area contributed by atoms with Crippen LogP contribution >= 0.6 is 0 Å². The van der Waals surface area contributed by atoms with E-state index in [0.29, 0.717) is 6.42 Å². The number of aryl methyl sites for hydroxylation is 1. The molecule has 0 spiro atoms. The van der Waals surface area contributed by atoms with Crippen molar-refractivity contribution in [2.24, 2.45) is 0 Å². The summed E-state index contributed by atoms with van der Waals surface area (Å²) in [4.78, 5) is 20.4. The van der Waals surface area contributed by atoms with Crippen LogP contribution in [0, 0.1) is 0 Å². The van der Waals surface area contributed by atoms with Gasteiger partial charge in [0.05, 0.1) is 6.42 Å². The molecule has 0 radical (unpaired) electrons. The van der Waals surface area contributed by atoms with Gasteiger partial charge in [-0.15, -0.1) is 10.2 Å². The number of hydrogen-bond acceptors (Lipinski definition) is 5. The first-order chi connectivity index (χ1) is 12.8. The SMILES string of the molecule is O=C(Cc1cccnc1)NC1CCc2nnc(-c3ccncc3)n2CC1. The normalized spacial score (nSPS) is 16.5. The van der Waals surface area contributed by atoms with E-state index < -0.39 is 0 Å². The van der Waals surface area contributed by atoms with Gasteiger partial charge in [0.25, 0.3) is 0 Å². The summed E-state index contributed by atoms with van der Waals surface area (Å²) in [6, 6.07) is 7.79. The first-order valence-electron chi connectivity index (χ1n) is 8.80. The van der Waals surface area contributed by atoms with Crippen LogP contribution < -0.4 is 5.32 Å². The molecule has 7 heteroatoms. The Morgan fingerprint density at radius 2 is 2.00 bits per heavy atom. The molecular weight excluding hydrogens is 328 g/mol. The summed E-state index contributed by atoms with van der Waals surface area (Å²) in [5.74, 6) is 1.88. The molecule has 1 aliphatic rings. The van der Waals surface area contributed by atoms with E-state index in [0.717, 1.165) is 48.6 Å². The molecule has 4 rings (SSSR count). The Morgan fingerprint density at radius 1 is 1.12 bits per heavy atom. The van der Waals surface area contributed by atoms with Crippen LogP contribution in [0.25, 0.3) is 11.4 Å². The molecule has 1 atom stereocenters. The highest BCUT2D eigenvalue weighted by atomic mass is 16.1. The summed E-state index contributed by atoms with van der Waals surface area (Å²) < 4.78 is 2.16. The minimum absolute atomic E-state index is 0.0371. The molecular formula is C19H20N6O. The van der Waals surface area contributed by atoms with Gasteiger partial charge in [-0.3, -0.25) is 14.8 Å². The lowest BCUT2D eigenvalue weighted by molar-refractivity contribution is -0.121. The lowest BCUT2D eigenvalue weighted by Crippen LogP contribution is -2.36. The van der Waals surface area contributed by atoms with Gasteiger partial charge in [0.1, 0.15) is 5.82 Å². The van der Waals surface area contributed by atoms with Crippen LogP contribution in [0.2, 0.25) is 0 Å². The van der Waals surface area contributed by atoms with E-state index in [1.165, 1.54) is 0 Å². The summed E-state index contributed by atoms with van der Waals surface area (Å²) in [5, 5.41) is 11.8. The van der Waals surface area contributed by atoms with E-state index in [9.17, 15) is 4.79 Å². The number of carbonyl (C=O) groups excluding carboxylic acids is 1. The molecule has 4 heterocycles. The van der Waals surface area contributed by atoms with Gasteiger partial charge in [-0.25, -0.2) is 0 Å². The predicted molar refractivity (Wildman–Crippen MR) is 96.1 cm³/mol. The van der Waals surface area contributed by atoms with E-state index in [1.54, 1.807) is 24.8 Å². The maximum atomic E-state index is 12.3. The van der Waals surface area contributed by atoms with Crippen molar-refractivity contribution in [2.45, 2.75) is 38.3 Å². The lowest BCUT2D eigenvalue weighted by Gasteiger charge is -2.16. The van der Waals surface area contributed by atoms with Gasteiger partial charge in [-0.2, -0.15) is 0 Å². The number of carbonyl (C=O) groups is 1. The maximum absolute atomic E-state index is 12.3. The first kappa shape index (κ1) is 16.4. The molecule has 0 fully saturated rings. The molecule has 0 aromatic carbocycles. The smallest absolute Gasteiger partial charge is 0.224 e. The van der Waals surface area contributed by atoms with Crippen molar-refractivity contribution >= 4 is 5.91 Å². The Balaban J connectivity index is 1.41. The number of aromatic nitrogens is 5. The fraction of sp³-hybridized carbons (Fsp3) is 0.316. The Labute approximate surface area is 151 Å². The van der Waals surface area contributed by atoms with Gasteiger partial charge in [0.2, 0.25) is 5.91 Å². The molecule has 1 aliphatic heterocycles. The monoisotopic (exact) mass is 348 g/mol. The molecule has 0 aliphatic carbocycles. The molecule has 3 aromatic heterocycles. The van der Waals surface area contributed by atoms with E-state index >= 15 is 0 Å². The first-order valence-corrected chi connectivity index (χ1v) is 8.80. The summed E-state index contributed by atoms with van der Waals surface area (Å²) >= 11 is 0. The van der Waals surface area contributed by atoms with Gasteiger partial charge in [0, 0.05) is 49.4 Å². The standard InChI is InChI=1S/C19H20N6O/c26-18(12-14-2-1-8-21-13-14)22-16-3-4-17-23-24-19(25(17)11-7-16)15-5-9-20-10-6-15/h1-2,5-6,8-10,13,16H,3-4,7,11-12H2,(H,22,26). The van der Waals surface area contributed by atoms with Crippen LogP contribution in [0.3, 0.4) is 0 Å². The minimum atomic E-state index is 0.0371. The Hall–Kier alpha value is -3.09. The van der Waals surface area contributed by atoms with Crippen LogP contribution in [0.4, 0.5) is 0 Å². The third-order valence-electron chi connectivity index (χ3n) is 4.64. The molecule has 7 nitrogen and oxygen atoms in total. The van der Waals surface area contributed by atoms with Crippen LogP contribution in [0.1, 0.15) is 24.2 Å². The van der Waals surface area contributed by atoms with Crippen molar-refractivity contribution in [3.8, 4) is 11.4 Å². The third kappa shape index (κ3) is 3.61. The highest BCUT2D eigenvalue weighted by molar-refractivity contribution is 5.78. The third-order valence-corrected chi connectivity index (χ3v) is 4.64. The minimum Gasteiger partial charge on any atom is -0.353 e. The summed E-state index contributed by atoms with van der Waals surface area (Å²) in [6.07, 6.45) is 9.85. The van der Waals surface area contributed by atoms with E-state index in [2.05, 4.69) is 30.0 Å². The molecule has 132 valence electrons. The lowest BCUT2D eigenvalue weighted by atomic mass is 10.1. The molecule has 0 bridgehead atoms. The van der Waals surface area contributed by atoms with Crippen molar-refractivity contribution in [2.75, 3.05) is 0 Å². The number of pyridine rings is 2. The number of amides is 1. The highest BCUT2D eigenvalue weighted by Gasteiger charge is 2.22. The molecule has 1 N–H and O–H groups in total. The van der Waals surface area contributed by atoms with Gasteiger partial charge in [0.15, 0.2) is 5.82 Å². The number of hydrogen-bond donors (Lipinski definition) is 1. The van der Waals surface area contributed by atoms with Gasteiger partial charge < -0.3 is 9.88 Å². The number of fused-ring (bicyclic) bond motifs is 1. The van der Waals surface area contributed by atoms with E-state index in [-0.39, 0.29) is 11.9 Å². The average Bonchev–Trinajstić information content (AvgIpc) is 2.98. The van der Waals surface area contributed by atoms with Crippen molar-refractivity contribution in [3.63, 3.8) is 0 Å². The second-order valence-electron chi connectivity index (χ2n) is 6.46. The van der Waals surface area contributed by atoms with Crippen LogP contribution in [-0.2, 0) is 24.2 Å². The molecule has 1 amide bonds. The summed E-state index contributed by atoms with van der Waals surface area (Å²) in [7, 11) is 0. The molecule has 3 aromatic rings. The van der Waals surface area contributed by atoms with Crippen molar-refractivity contribution < 1.29 is 4.79 Å². The topological polar surface area (TPSA) is 85.6 Å². The predicted octanol–water partition coefficient (Wildman–Crippen LogP) is 1.80. The van der Waals surface area contributed by atoms with E-state index in [4.69, 9.17) is 0 Å². The fourth-order valence-electron chi connectivity index (χ4n) is 3.31. The highest BCUT2D eigenvalue weighted by Crippen LogP contribution is 2.22. The zero-order valence-corrected chi connectivity index (χ0v) is 14.4. The maximum Gasteiger partial charge on any atom is 0.224 e. The summed E-state index contributed by atoms with van der Waals surface area (Å²) in [6.45, 7) is 0.790. The molecule has 0 saturated heterocycles. The summed E-state index contributed by atoms with van der Waals surface area (Å²) in [5.41, 5.74) is 1.94. The number of nitrogens with zero attached hydrogens (tertiary/aromatic N) is 5. The van der Waals surface area contributed by atoms with Crippen LogP contribution in [0.15, 0.2) is 49.1 Å². The Morgan fingerprint density at radius 3 is 2.81 bits per heavy atom. The molecule has 0 saturated carbocycles. The van der Waals surface area contributed by atoms with Crippen molar-refractivity contribution in [1.29, 1.82) is 0 Å². The van der Waals surface area contributed by atoms with Crippen LogP contribution in [-0.4, -0.2) is 36.7 Å². The number of rotatable bonds is 4. The van der Waals surface area contributed by atoms with Gasteiger partial charge in [-0.1, -0.05) is 6.07 Å². The molecule has 26 heavy (non-hydrogen) atoms. The van der Waals surface area contributed by atoms with Crippen LogP contribution in [0.5, 0.6) is 0 Å². The van der Waals surface area contributed by atoms with Gasteiger partial charge >= 0.3 is 0 Å². The van der Waals surface area contributed by atoms with E-state index in [1.807, 2.05) is 24.3 Å². The average molecular weight is 348 g/mol. The second-order valence-corrected chi connectivity index (χ2v) is 6.46. The van der Waals surface area contributed by atoms with Crippen molar-refractivity contribution in [3.05, 3.63) is 60.4 Å². The Kier molecular flexibility index (Phi) is 4.68. The quantitative estimate of drug-likeness (QED) is 0.777. The number of nitrogens with one attached hydrogen (secondary N) is 1. The fourth-order valence-corrected chi connectivity index (χ4v) is 3.31. The Bertz CT molecular complexity index is 878.